The Morgan fingerprint density at radius 3 is 2.58 bits per heavy atom. The lowest BCUT2D eigenvalue weighted by Crippen LogP contribution is -2.05. The maximum atomic E-state index is 12.2. The Morgan fingerprint density at radius 2 is 1.89 bits per heavy atom. The van der Waals surface area contributed by atoms with Crippen molar-refractivity contribution in [3.8, 4) is 5.75 Å². The predicted octanol–water partition coefficient (Wildman–Crippen LogP) is 3.77. The number of ether oxygens (including phenoxy) is 1. The summed E-state index contributed by atoms with van der Waals surface area (Å²) in [4.78, 5) is 3.10. The normalized spacial score (nSPS) is 11.9. The summed E-state index contributed by atoms with van der Waals surface area (Å²) in [5.74, 6) is 0.645. The summed E-state index contributed by atoms with van der Waals surface area (Å²) in [6, 6.07) is 7.57. The van der Waals surface area contributed by atoms with E-state index in [2.05, 4.69) is 4.98 Å². The number of aromatic nitrogens is 1. The van der Waals surface area contributed by atoms with Crippen molar-refractivity contribution in [3.63, 3.8) is 0 Å². The first-order chi connectivity index (χ1) is 9.17. The van der Waals surface area contributed by atoms with Gasteiger partial charge in [0.2, 0.25) is 0 Å². The average Bonchev–Trinajstić information content (AvgIpc) is 2.84. The minimum atomic E-state index is -3.16. The van der Waals surface area contributed by atoms with Crippen molar-refractivity contribution >= 4 is 18.5 Å². The molecule has 2 rings (SSSR count). The zero-order chi connectivity index (χ0) is 13.7. The number of rotatable bonds is 7. The Labute approximate surface area is 112 Å². The van der Waals surface area contributed by atoms with E-state index in [-0.39, 0.29) is 6.35 Å². The second kappa shape index (κ2) is 6.24. The smallest absolute Gasteiger partial charge is 0.367 e. The highest BCUT2D eigenvalue weighted by Crippen LogP contribution is 2.47. The topological polar surface area (TPSA) is 60.5 Å². The molecule has 1 aromatic heterocycles. The van der Waals surface area contributed by atoms with E-state index in [4.69, 9.17) is 13.8 Å². The predicted molar refractivity (Wildman–Crippen MR) is 74.7 cm³/mol. The third-order valence-electron chi connectivity index (χ3n) is 2.57. The molecule has 1 aromatic carbocycles. The van der Waals surface area contributed by atoms with Gasteiger partial charge in [-0.15, -0.1) is 0 Å². The Hall–Kier alpha value is -1.29. The van der Waals surface area contributed by atoms with Crippen LogP contribution in [0.15, 0.2) is 30.5 Å². The average molecular weight is 283 g/mol. The molecule has 1 N–H and O–H groups in total. The molecule has 104 valence electrons. The third kappa shape index (κ3) is 3.60. The minimum Gasteiger partial charge on any atom is -0.481 e. The molecule has 0 bridgehead atoms. The molecular formula is C13H18NO4P. The molecule has 0 aliphatic rings. The molecular weight excluding hydrogens is 265 g/mol. The van der Waals surface area contributed by atoms with Crippen LogP contribution in [0.2, 0.25) is 0 Å². The van der Waals surface area contributed by atoms with Crippen LogP contribution < -0.4 is 4.74 Å². The second-order valence-electron chi connectivity index (χ2n) is 3.95. The number of benzene rings is 1. The van der Waals surface area contributed by atoms with E-state index in [1.807, 2.05) is 30.5 Å². The van der Waals surface area contributed by atoms with Crippen LogP contribution in [0.3, 0.4) is 0 Å². The summed E-state index contributed by atoms with van der Waals surface area (Å²) in [6.45, 7) is 4.21. The molecule has 0 aliphatic carbocycles. The summed E-state index contributed by atoms with van der Waals surface area (Å²) in [6.07, 6.45) is 1.78. The van der Waals surface area contributed by atoms with Gasteiger partial charge in [0.15, 0.2) is 6.35 Å². The van der Waals surface area contributed by atoms with E-state index in [1.54, 1.807) is 13.8 Å². The van der Waals surface area contributed by atoms with Gasteiger partial charge in [-0.3, -0.25) is 4.57 Å². The third-order valence-corrected chi connectivity index (χ3v) is 4.31. The number of aromatic amines is 1. The molecule has 0 amide bonds. The van der Waals surface area contributed by atoms with Crippen molar-refractivity contribution in [3.05, 3.63) is 30.5 Å². The minimum absolute atomic E-state index is 0.0788. The summed E-state index contributed by atoms with van der Waals surface area (Å²) in [5, 5.41) is 1.04. The summed E-state index contributed by atoms with van der Waals surface area (Å²) >= 11 is 0. The van der Waals surface area contributed by atoms with E-state index in [9.17, 15) is 4.57 Å². The largest absolute Gasteiger partial charge is 0.481 e. The van der Waals surface area contributed by atoms with E-state index in [0.717, 1.165) is 10.9 Å². The highest BCUT2D eigenvalue weighted by atomic mass is 31.2. The fourth-order valence-electron chi connectivity index (χ4n) is 1.78. The van der Waals surface area contributed by atoms with Crippen molar-refractivity contribution in [2.75, 3.05) is 19.6 Å². The van der Waals surface area contributed by atoms with E-state index < -0.39 is 7.60 Å². The highest BCUT2D eigenvalue weighted by Gasteiger charge is 2.24. The van der Waals surface area contributed by atoms with E-state index in [0.29, 0.717) is 19.0 Å². The lowest BCUT2D eigenvalue weighted by Gasteiger charge is -2.17. The van der Waals surface area contributed by atoms with Crippen molar-refractivity contribution in [2.24, 2.45) is 0 Å². The standard InChI is InChI=1S/C13H18NO4P/c1-3-17-19(15,18-4-2)10-16-12-5-6-13-11(9-12)7-8-14-13/h5-9,14H,3-4,10H2,1-2H3. The van der Waals surface area contributed by atoms with Crippen LogP contribution in [0, 0.1) is 0 Å². The SMILES string of the molecule is CCOP(=O)(COc1ccc2[nH]ccc2c1)OCC. The van der Waals surface area contributed by atoms with Gasteiger partial charge in [-0.1, -0.05) is 0 Å². The first-order valence-electron chi connectivity index (χ1n) is 6.25. The fourth-order valence-corrected chi connectivity index (χ4v) is 3.10. The van der Waals surface area contributed by atoms with Gasteiger partial charge in [0.25, 0.3) is 0 Å². The molecule has 0 aliphatic heterocycles. The Balaban J connectivity index is 2.05. The molecule has 5 nitrogen and oxygen atoms in total. The number of hydrogen-bond donors (Lipinski definition) is 1. The molecule has 0 saturated heterocycles. The highest BCUT2D eigenvalue weighted by molar-refractivity contribution is 7.53. The summed E-state index contributed by atoms with van der Waals surface area (Å²) in [5.41, 5.74) is 1.03. The number of nitrogens with one attached hydrogen (secondary N) is 1. The van der Waals surface area contributed by atoms with Crippen molar-refractivity contribution in [1.82, 2.24) is 4.98 Å². The van der Waals surface area contributed by atoms with Gasteiger partial charge in [-0.2, -0.15) is 0 Å². The van der Waals surface area contributed by atoms with Crippen LogP contribution in [0.4, 0.5) is 0 Å². The molecule has 0 radical (unpaired) electrons. The molecule has 2 aromatic rings. The molecule has 0 spiro atoms. The number of fused-ring (bicyclic) bond motifs is 1. The van der Waals surface area contributed by atoms with Crippen LogP contribution in [-0.4, -0.2) is 24.5 Å². The molecule has 0 saturated carbocycles. The number of hydrogen-bond acceptors (Lipinski definition) is 4. The zero-order valence-corrected chi connectivity index (χ0v) is 12.0. The zero-order valence-electron chi connectivity index (χ0n) is 11.1. The maximum absolute atomic E-state index is 12.2. The Bertz CT molecular complexity index is 571. The summed E-state index contributed by atoms with van der Waals surface area (Å²) in [7, 11) is -3.16. The van der Waals surface area contributed by atoms with Crippen LogP contribution in [0.1, 0.15) is 13.8 Å². The van der Waals surface area contributed by atoms with Gasteiger partial charge >= 0.3 is 7.60 Å². The van der Waals surface area contributed by atoms with Gasteiger partial charge in [0, 0.05) is 17.1 Å². The molecule has 0 atom stereocenters. The fraction of sp³-hybridized carbons (Fsp3) is 0.385. The van der Waals surface area contributed by atoms with E-state index in [1.165, 1.54) is 0 Å². The van der Waals surface area contributed by atoms with Gasteiger partial charge in [0.1, 0.15) is 5.75 Å². The molecule has 1 heterocycles. The molecule has 6 heteroatoms. The molecule has 0 fully saturated rings. The van der Waals surface area contributed by atoms with Crippen LogP contribution in [0.5, 0.6) is 5.75 Å². The van der Waals surface area contributed by atoms with Gasteiger partial charge in [0.05, 0.1) is 13.2 Å². The quantitative estimate of drug-likeness (QED) is 0.786. The second-order valence-corrected chi connectivity index (χ2v) is 5.94. The van der Waals surface area contributed by atoms with Gasteiger partial charge in [-0.25, -0.2) is 0 Å². The Morgan fingerprint density at radius 1 is 1.16 bits per heavy atom. The van der Waals surface area contributed by atoms with Gasteiger partial charge < -0.3 is 18.8 Å². The maximum Gasteiger partial charge on any atom is 0.367 e. The Kier molecular flexibility index (Phi) is 4.64. The van der Waals surface area contributed by atoms with Crippen molar-refractivity contribution < 1.29 is 18.3 Å². The summed E-state index contributed by atoms with van der Waals surface area (Å²) < 4.78 is 28.1. The van der Waals surface area contributed by atoms with Crippen molar-refractivity contribution in [2.45, 2.75) is 13.8 Å². The first-order valence-corrected chi connectivity index (χ1v) is 7.97. The van der Waals surface area contributed by atoms with Crippen LogP contribution in [0.25, 0.3) is 10.9 Å². The lowest BCUT2D eigenvalue weighted by atomic mass is 10.2. The van der Waals surface area contributed by atoms with Crippen molar-refractivity contribution in [1.29, 1.82) is 0 Å². The lowest BCUT2D eigenvalue weighted by molar-refractivity contribution is 0.197. The monoisotopic (exact) mass is 283 g/mol. The van der Waals surface area contributed by atoms with Crippen LogP contribution in [-0.2, 0) is 13.6 Å². The first kappa shape index (κ1) is 14.1. The molecule has 19 heavy (non-hydrogen) atoms. The van der Waals surface area contributed by atoms with Gasteiger partial charge in [-0.05, 0) is 38.1 Å². The number of H-pyrrole nitrogens is 1. The van der Waals surface area contributed by atoms with Crippen LogP contribution >= 0.6 is 7.60 Å². The van der Waals surface area contributed by atoms with E-state index >= 15 is 0 Å². The molecule has 0 unspecified atom stereocenters.